The van der Waals surface area contributed by atoms with Gasteiger partial charge in [-0.1, -0.05) is 81.9 Å². The molecule has 0 aliphatic carbocycles. The number of allylic oxidation sites excluding steroid dienone is 4. The van der Waals surface area contributed by atoms with Crippen molar-refractivity contribution in [2.45, 2.75) is 5.91 Å². The number of benzene rings is 4. The Kier molecular flexibility index (Phi) is 17.5. The Morgan fingerprint density at radius 1 is 0.355 bits per heavy atom. The lowest BCUT2D eigenvalue weighted by atomic mass is 9.92. The number of ether oxygens (including phenoxy) is 4. The molecule has 12 rings (SSSR count). The van der Waals surface area contributed by atoms with E-state index in [1.54, 1.807) is 0 Å². The van der Waals surface area contributed by atoms with E-state index in [-0.39, 0.29) is 0 Å². The van der Waals surface area contributed by atoms with E-state index >= 15 is 0 Å². The number of para-hydroxylation sites is 4. The van der Waals surface area contributed by atoms with Crippen molar-refractivity contribution < 1.29 is 28.1 Å². The maximum Gasteiger partial charge on any atom is 0.553 e. The predicted molar refractivity (Wildman–Crippen MR) is 374 cm³/mol. The summed E-state index contributed by atoms with van der Waals surface area (Å²) in [6.45, 7) is 4.15. The zero-order valence-corrected chi connectivity index (χ0v) is 56.8. The molecule has 0 amide bonds. The first kappa shape index (κ1) is 62.9. The number of hydrogen-bond acceptors (Lipinski definition) is 8. The molecule has 0 saturated heterocycles. The van der Waals surface area contributed by atoms with Crippen LogP contribution in [-0.4, -0.2) is 258 Å². The molecule has 6 aliphatic rings. The van der Waals surface area contributed by atoms with Gasteiger partial charge in [-0.05, 0) is 48.5 Å². The second kappa shape index (κ2) is 25.8. The number of hydrogen-bond donors (Lipinski definition) is 0. The highest BCUT2D eigenvalue weighted by Crippen LogP contribution is 2.55. The molecule has 0 unspecified atom stereocenters. The summed E-state index contributed by atoms with van der Waals surface area (Å²) >= 11 is 0. The summed E-state index contributed by atoms with van der Waals surface area (Å²) < 4.78 is 38.4. The van der Waals surface area contributed by atoms with Crippen LogP contribution in [0.15, 0.2) is 177 Å². The number of guanidine groups is 4. The molecule has 20 nitrogen and oxygen atoms in total. The van der Waals surface area contributed by atoms with E-state index in [1.807, 2.05) is 104 Å². The fraction of sp³-hybridized carbons (Fsp3) is 0.342. The molecule has 482 valence electrons. The molecule has 0 fully saturated rings. The van der Waals surface area contributed by atoms with E-state index in [9.17, 15) is 0 Å². The summed E-state index contributed by atoms with van der Waals surface area (Å²) in [7, 11) is 31.6. The molecule has 4 aromatic carbocycles. The number of aromatic nitrogens is 2. The SMILES string of the molecule is CN=C(N(C)C)N(C)CCOc1ccccc1C1=C2C=CC3=[N+]2C24n5c1ccc5C(c1ccccc1OCCN(C)C(=NC)N(C)C)=C1C=CC(=[N+]12)C(c1ccccc1OCCN(C)C(=NC)N(C)C)=c1ccc(n14)=C3c1ccccc1OCCN(C)C(=NC)N(C)C. The minimum atomic E-state index is -1.12. The van der Waals surface area contributed by atoms with Crippen molar-refractivity contribution in [3.63, 3.8) is 0 Å². The fourth-order valence-corrected chi connectivity index (χ4v) is 14.4. The molecule has 1 spiro atoms. The van der Waals surface area contributed by atoms with Crippen LogP contribution in [0.5, 0.6) is 23.0 Å². The first-order valence-corrected chi connectivity index (χ1v) is 31.7. The van der Waals surface area contributed by atoms with Crippen LogP contribution in [-0.2, 0) is 5.91 Å². The Bertz CT molecular complexity index is 4120. The molecular weight excluding hydrogens is 1160 g/mol. The van der Waals surface area contributed by atoms with Gasteiger partial charge in [-0.2, -0.15) is 9.13 Å². The van der Waals surface area contributed by atoms with Gasteiger partial charge in [0.25, 0.3) is 0 Å². The van der Waals surface area contributed by atoms with Gasteiger partial charge in [0.2, 0.25) is 22.8 Å². The van der Waals surface area contributed by atoms with Gasteiger partial charge in [0.05, 0.1) is 70.6 Å². The van der Waals surface area contributed by atoms with E-state index in [0.717, 1.165) is 136 Å². The minimum absolute atomic E-state index is 0.422. The average Bonchev–Trinajstić information content (AvgIpc) is 1.54. The Morgan fingerprint density at radius 3 is 0.914 bits per heavy atom. The third-order valence-electron chi connectivity index (χ3n) is 17.9. The van der Waals surface area contributed by atoms with Crippen molar-refractivity contribution in [3.05, 3.63) is 201 Å². The summed E-state index contributed by atoms with van der Waals surface area (Å²) in [6.07, 6.45) is 9.26. The number of likely N-dealkylation sites (N-methyl/N-ethyl adjacent to an activating group) is 4. The lowest BCUT2D eigenvalue weighted by Gasteiger charge is -2.41. The Labute approximate surface area is 547 Å². The molecule has 6 aliphatic heterocycles. The monoisotopic (exact) mass is 1250 g/mol. The van der Waals surface area contributed by atoms with E-state index in [0.29, 0.717) is 52.6 Å². The summed E-state index contributed by atoms with van der Waals surface area (Å²) in [6, 6.07) is 43.2. The number of aliphatic imine (C=N–C) groups is 4. The van der Waals surface area contributed by atoms with E-state index in [2.05, 4.69) is 232 Å². The van der Waals surface area contributed by atoms with Gasteiger partial charge in [-0.15, -0.1) is 0 Å². The third-order valence-corrected chi connectivity index (χ3v) is 17.9. The van der Waals surface area contributed by atoms with Crippen LogP contribution in [0, 0.1) is 0 Å². The molecule has 6 aromatic rings. The molecule has 0 N–H and O–H groups in total. The summed E-state index contributed by atoms with van der Waals surface area (Å²) in [5.41, 5.74) is 14.2. The van der Waals surface area contributed by atoms with Crippen LogP contribution in [0.3, 0.4) is 0 Å². The average molecular weight is 1250 g/mol. The van der Waals surface area contributed by atoms with E-state index in [4.69, 9.17) is 18.9 Å². The minimum Gasteiger partial charge on any atom is -0.491 e. The highest BCUT2D eigenvalue weighted by atomic mass is 16.5. The van der Waals surface area contributed by atoms with Gasteiger partial charge >= 0.3 is 5.91 Å². The van der Waals surface area contributed by atoms with Gasteiger partial charge in [0.1, 0.15) is 49.4 Å². The molecule has 0 radical (unpaired) electrons. The summed E-state index contributed by atoms with van der Waals surface area (Å²) in [4.78, 5) is 34.9. The molecule has 20 heteroatoms. The van der Waals surface area contributed by atoms with Crippen LogP contribution in [0.4, 0.5) is 0 Å². The quantitative estimate of drug-likeness (QED) is 0.0517. The lowest BCUT2D eigenvalue weighted by Crippen LogP contribution is -2.71. The molecular formula is C73H88N16O4+2. The van der Waals surface area contributed by atoms with Crippen molar-refractivity contribution in [3.8, 4) is 23.0 Å². The van der Waals surface area contributed by atoms with E-state index < -0.39 is 5.91 Å². The van der Waals surface area contributed by atoms with Crippen molar-refractivity contribution >= 4 is 57.6 Å². The first-order valence-electron chi connectivity index (χ1n) is 31.7. The number of nitrogens with zero attached hydrogens (tertiary/aromatic N) is 16. The smallest absolute Gasteiger partial charge is 0.491 e. The maximum atomic E-state index is 7.00. The van der Waals surface area contributed by atoms with Crippen molar-refractivity contribution in [2.75, 3.05) is 165 Å². The van der Waals surface area contributed by atoms with E-state index in [1.165, 1.54) is 0 Å². The van der Waals surface area contributed by atoms with Crippen LogP contribution in [0.2, 0.25) is 0 Å². The second-order valence-corrected chi connectivity index (χ2v) is 24.6. The standard InChI is InChI=1S/C73H88N16O4/c1-74-69(78(5)6)82(13)41-45-90-61-29-21-17-25-49(61)65-53-33-35-55-66(50-26-18-22-30-62(50)91-46-42-83(14)70(75-2)79(7)8)57-37-39-59-68(52-28-20-24-32-64(52)93-48-44-85(16)72(77-4)81(11)12)60-40-38-58-67(56-36-34-54(65)87(56)73(86(53)55,88(57)59)89(58)60)51-27-19-23-31-63(51)92-47-43-84(15)71(76-3)80(9)10/h17-40H,41-48H2,1-16H3/q+2. The Balaban J connectivity index is 1.12. The molecule has 93 heavy (non-hydrogen) atoms. The van der Waals surface area contributed by atoms with Crippen LogP contribution in [0.25, 0.3) is 22.3 Å². The zero-order chi connectivity index (χ0) is 65.6. The molecule has 8 heterocycles. The lowest BCUT2D eigenvalue weighted by molar-refractivity contribution is -0.834. The zero-order valence-electron chi connectivity index (χ0n) is 56.8. The second-order valence-electron chi connectivity index (χ2n) is 24.6. The van der Waals surface area contributed by atoms with Gasteiger partial charge < -0.3 is 58.1 Å². The highest BCUT2D eigenvalue weighted by molar-refractivity contribution is 6.30. The Hall–Kier alpha value is -10.2. The molecule has 0 saturated carbocycles. The van der Waals surface area contributed by atoms with Gasteiger partial charge in [0, 0.05) is 159 Å². The number of rotatable bonds is 20. The van der Waals surface area contributed by atoms with Gasteiger partial charge in [-0.25, -0.2) is 0 Å². The van der Waals surface area contributed by atoms with Crippen LogP contribution in [0.1, 0.15) is 33.6 Å². The summed E-state index contributed by atoms with van der Waals surface area (Å²) in [5, 5.41) is 2.06. The first-order chi connectivity index (χ1) is 45.0. The van der Waals surface area contributed by atoms with Crippen molar-refractivity contribution in [1.82, 2.24) is 48.3 Å². The molecule has 2 aromatic heterocycles. The Morgan fingerprint density at radius 2 is 0.634 bits per heavy atom. The van der Waals surface area contributed by atoms with Crippen LogP contribution < -0.4 is 29.6 Å². The van der Waals surface area contributed by atoms with Crippen molar-refractivity contribution in [2.24, 2.45) is 20.0 Å². The largest absolute Gasteiger partial charge is 0.553 e. The topological polar surface area (TPSA) is 128 Å². The predicted octanol–water partition coefficient (Wildman–Crippen LogP) is 5.86. The normalized spacial score (nSPS) is 16.7. The fourth-order valence-electron chi connectivity index (χ4n) is 14.4. The molecule has 0 atom stereocenters. The maximum absolute atomic E-state index is 7.00. The molecule has 0 bridgehead atoms. The van der Waals surface area contributed by atoms with Gasteiger partial charge in [-0.3, -0.25) is 20.0 Å². The third kappa shape index (κ3) is 10.6. The highest BCUT2D eigenvalue weighted by Gasteiger charge is 2.73. The summed E-state index contributed by atoms with van der Waals surface area (Å²) in [5.74, 6) is 5.45. The van der Waals surface area contributed by atoms with Crippen LogP contribution >= 0.6 is 0 Å². The van der Waals surface area contributed by atoms with Crippen molar-refractivity contribution in [1.29, 1.82) is 0 Å². The van der Waals surface area contributed by atoms with Gasteiger partial charge in [0.15, 0.2) is 23.8 Å².